The molecule has 0 nitrogen and oxygen atoms in total. The van der Waals surface area contributed by atoms with E-state index in [0.29, 0.717) is 0 Å². The molecular weight excluding hydrogens is 121 g/mol. The summed E-state index contributed by atoms with van der Waals surface area (Å²) in [5, 5.41) is -3.34. The molecule has 0 fully saturated rings. The number of alkyl halides is 3. The van der Waals surface area contributed by atoms with E-state index in [9.17, 15) is 8.78 Å². The van der Waals surface area contributed by atoms with Gasteiger partial charge in [0, 0.05) is 0 Å². The first kappa shape index (κ1) is 6.71. The van der Waals surface area contributed by atoms with Gasteiger partial charge in [0.1, 0.15) is 0 Å². The van der Waals surface area contributed by atoms with Crippen LogP contribution < -0.4 is 0 Å². The molecule has 0 aromatic rings. The third kappa shape index (κ3) is 5.71. The Kier molecular flexibility index (Phi) is 2.04. The maximum atomic E-state index is 11.3. The highest BCUT2D eigenvalue weighted by molar-refractivity contribution is 6.23. The highest BCUT2D eigenvalue weighted by atomic mass is 35.5. The second-order valence-electron chi connectivity index (χ2n) is 0.873. The van der Waals surface area contributed by atoms with E-state index in [2.05, 4.69) is 11.6 Å². The summed E-state index contributed by atoms with van der Waals surface area (Å²) in [5.74, 6) is 3.44. The standard InChI is InChI=1S/C4H3ClF2/c1-2-3-4(5,6)7/h1H3. The normalized spacial score (nSPS) is 9.71. The number of rotatable bonds is 0. The van der Waals surface area contributed by atoms with Crippen molar-refractivity contribution in [2.75, 3.05) is 0 Å². The first-order valence-corrected chi connectivity index (χ1v) is 1.94. The Hall–Kier alpha value is -0.290. The fourth-order valence-corrected chi connectivity index (χ4v) is 0.236. The molecule has 0 aromatic heterocycles. The van der Waals surface area contributed by atoms with Crippen LogP contribution in [0.2, 0.25) is 0 Å². The molecule has 0 spiro atoms. The number of hydrogen-bond acceptors (Lipinski definition) is 0. The van der Waals surface area contributed by atoms with Crippen LogP contribution in [0, 0.1) is 11.8 Å². The van der Waals surface area contributed by atoms with Gasteiger partial charge in [-0.15, -0.1) is 0 Å². The molecular formula is C4H3ClF2. The van der Waals surface area contributed by atoms with Gasteiger partial charge in [-0.05, 0) is 24.4 Å². The zero-order chi connectivity index (χ0) is 5.91. The van der Waals surface area contributed by atoms with Crippen LogP contribution in [-0.4, -0.2) is 5.38 Å². The van der Waals surface area contributed by atoms with E-state index in [1.807, 2.05) is 5.92 Å². The van der Waals surface area contributed by atoms with Crippen LogP contribution in [0.5, 0.6) is 0 Å². The molecule has 0 heterocycles. The smallest absolute Gasteiger partial charge is 0.175 e. The van der Waals surface area contributed by atoms with Crippen LogP contribution >= 0.6 is 11.6 Å². The Morgan fingerprint density at radius 3 is 2.00 bits per heavy atom. The number of hydrogen-bond donors (Lipinski definition) is 0. The molecule has 0 N–H and O–H groups in total. The summed E-state index contributed by atoms with van der Waals surface area (Å²) in [6, 6.07) is 0. The van der Waals surface area contributed by atoms with Crippen molar-refractivity contribution in [3.63, 3.8) is 0 Å². The molecule has 0 amide bonds. The number of halogens is 3. The Morgan fingerprint density at radius 2 is 2.00 bits per heavy atom. The third-order valence-electron chi connectivity index (χ3n) is 0.267. The Morgan fingerprint density at radius 1 is 1.57 bits per heavy atom. The first-order chi connectivity index (χ1) is 3.06. The largest absolute Gasteiger partial charge is 0.385 e. The van der Waals surface area contributed by atoms with E-state index >= 15 is 0 Å². The van der Waals surface area contributed by atoms with Crippen molar-refractivity contribution >= 4 is 11.6 Å². The van der Waals surface area contributed by atoms with Crippen molar-refractivity contribution in [1.29, 1.82) is 0 Å². The molecule has 0 aliphatic heterocycles. The molecule has 0 unspecified atom stereocenters. The van der Waals surface area contributed by atoms with Gasteiger partial charge in [-0.1, -0.05) is 5.92 Å². The first-order valence-electron chi connectivity index (χ1n) is 1.57. The molecule has 0 saturated carbocycles. The highest BCUT2D eigenvalue weighted by Crippen LogP contribution is 2.15. The van der Waals surface area contributed by atoms with Crippen molar-refractivity contribution in [2.24, 2.45) is 0 Å². The maximum absolute atomic E-state index is 11.3. The van der Waals surface area contributed by atoms with Crippen LogP contribution in [0.1, 0.15) is 6.92 Å². The van der Waals surface area contributed by atoms with Crippen LogP contribution in [0.25, 0.3) is 0 Å². The molecule has 0 saturated heterocycles. The van der Waals surface area contributed by atoms with E-state index in [1.165, 1.54) is 12.8 Å². The van der Waals surface area contributed by atoms with Crippen LogP contribution in [-0.2, 0) is 0 Å². The lowest BCUT2D eigenvalue weighted by molar-refractivity contribution is 0.164. The highest BCUT2D eigenvalue weighted by Gasteiger charge is 2.18. The van der Waals surface area contributed by atoms with Crippen molar-refractivity contribution in [3.8, 4) is 11.8 Å². The molecule has 0 atom stereocenters. The van der Waals surface area contributed by atoms with Gasteiger partial charge in [-0.2, -0.15) is 8.78 Å². The summed E-state index contributed by atoms with van der Waals surface area (Å²) in [5.41, 5.74) is 0. The van der Waals surface area contributed by atoms with E-state index in [1.54, 1.807) is 0 Å². The molecule has 0 aromatic carbocycles. The molecule has 0 bridgehead atoms. The minimum absolute atomic E-state index is 1.30. The fraction of sp³-hybridized carbons (Fsp3) is 0.500. The van der Waals surface area contributed by atoms with Gasteiger partial charge in [0.25, 0.3) is 0 Å². The SMILES string of the molecule is CC#CC(F)(F)Cl. The summed E-state index contributed by atoms with van der Waals surface area (Å²) in [4.78, 5) is 0. The second-order valence-corrected chi connectivity index (χ2v) is 1.35. The Labute approximate surface area is 45.5 Å². The summed E-state index contributed by atoms with van der Waals surface area (Å²) < 4.78 is 22.6. The van der Waals surface area contributed by atoms with Gasteiger partial charge in [0.15, 0.2) is 0 Å². The monoisotopic (exact) mass is 124 g/mol. The fourth-order valence-electron chi connectivity index (χ4n) is 0.142. The average molecular weight is 125 g/mol. The minimum atomic E-state index is -3.34. The third-order valence-corrected chi connectivity index (χ3v) is 0.361. The summed E-state index contributed by atoms with van der Waals surface area (Å²) >= 11 is 4.33. The zero-order valence-corrected chi connectivity index (χ0v) is 4.39. The predicted molar refractivity (Wildman–Crippen MR) is 24.2 cm³/mol. The van der Waals surface area contributed by atoms with E-state index in [4.69, 9.17) is 0 Å². The second kappa shape index (κ2) is 2.13. The average Bonchev–Trinajstić information content (AvgIpc) is 1.30. The van der Waals surface area contributed by atoms with E-state index < -0.39 is 5.38 Å². The van der Waals surface area contributed by atoms with Crippen molar-refractivity contribution < 1.29 is 8.78 Å². The van der Waals surface area contributed by atoms with Gasteiger partial charge in [-0.3, -0.25) is 0 Å². The molecule has 3 heteroatoms. The molecule has 0 radical (unpaired) electrons. The summed E-state index contributed by atoms with van der Waals surface area (Å²) in [6.45, 7) is 1.30. The van der Waals surface area contributed by atoms with Gasteiger partial charge in [0.05, 0.1) is 0 Å². The molecule has 40 valence electrons. The summed E-state index contributed by atoms with van der Waals surface area (Å²) in [7, 11) is 0. The minimum Gasteiger partial charge on any atom is -0.175 e. The lowest BCUT2D eigenvalue weighted by Gasteiger charge is -1.91. The quantitative estimate of drug-likeness (QED) is 0.342. The molecule has 0 aliphatic rings. The van der Waals surface area contributed by atoms with E-state index in [0.717, 1.165) is 0 Å². The van der Waals surface area contributed by atoms with E-state index in [-0.39, 0.29) is 0 Å². The Balaban J connectivity index is 3.72. The summed E-state index contributed by atoms with van der Waals surface area (Å²) in [6.07, 6.45) is 0. The van der Waals surface area contributed by atoms with Crippen molar-refractivity contribution in [3.05, 3.63) is 0 Å². The van der Waals surface area contributed by atoms with Gasteiger partial charge in [-0.25, -0.2) is 0 Å². The Bertz CT molecular complexity index is 103. The van der Waals surface area contributed by atoms with Crippen LogP contribution in [0.3, 0.4) is 0 Å². The predicted octanol–water partition coefficient (Wildman–Crippen LogP) is 1.84. The van der Waals surface area contributed by atoms with Crippen molar-refractivity contribution in [2.45, 2.75) is 12.3 Å². The lowest BCUT2D eigenvalue weighted by atomic mass is 10.6. The van der Waals surface area contributed by atoms with Gasteiger partial charge in [0.2, 0.25) is 0 Å². The zero-order valence-electron chi connectivity index (χ0n) is 3.63. The van der Waals surface area contributed by atoms with Crippen LogP contribution in [0.4, 0.5) is 8.78 Å². The van der Waals surface area contributed by atoms with Crippen molar-refractivity contribution in [1.82, 2.24) is 0 Å². The van der Waals surface area contributed by atoms with Gasteiger partial charge >= 0.3 is 5.38 Å². The molecule has 7 heavy (non-hydrogen) atoms. The van der Waals surface area contributed by atoms with Gasteiger partial charge < -0.3 is 0 Å². The molecule has 0 rings (SSSR count). The topological polar surface area (TPSA) is 0 Å². The van der Waals surface area contributed by atoms with Crippen LogP contribution in [0.15, 0.2) is 0 Å². The lowest BCUT2D eigenvalue weighted by Crippen LogP contribution is -1.98. The maximum Gasteiger partial charge on any atom is 0.385 e. The molecule has 0 aliphatic carbocycles.